The molecule has 33 heavy (non-hydrogen) atoms. The van der Waals surface area contributed by atoms with E-state index < -0.39 is 0 Å². The molecule has 164 valence electrons. The van der Waals surface area contributed by atoms with Gasteiger partial charge in [-0.15, -0.1) is 0 Å². The lowest BCUT2D eigenvalue weighted by atomic mass is 9.83. The van der Waals surface area contributed by atoms with Gasteiger partial charge in [-0.3, -0.25) is 0 Å². The highest BCUT2D eigenvalue weighted by Gasteiger charge is 2.33. The van der Waals surface area contributed by atoms with Gasteiger partial charge in [0, 0.05) is 21.2 Å². The molecule has 1 aliphatic rings. The molecule has 0 amide bonds. The van der Waals surface area contributed by atoms with E-state index in [0.29, 0.717) is 0 Å². The average molecular weight is 453 g/mol. The van der Waals surface area contributed by atoms with Crippen molar-refractivity contribution in [3.63, 3.8) is 0 Å². The Hall–Kier alpha value is -2.91. The molecule has 0 radical (unpaired) electrons. The largest absolute Gasteiger partial charge is 0.222 e. The third-order valence-electron chi connectivity index (χ3n) is 6.85. The first-order valence-electron chi connectivity index (χ1n) is 11.5. The average Bonchev–Trinajstić information content (AvgIpc) is 2.77. The van der Waals surface area contributed by atoms with Crippen molar-refractivity contribution in [1.82, 2.24) is 0 Å². The van der Waals surface area contributed by atoms with E-state index >= 15 is 0 Å². The molecular weight excluding hydrogens is 425 g/mol. The minimum atomic E-state index is -0.189. The Morgan fingerprint density at radius 3 is 2.42 bits per heavy atom. The van der Waals surface area contributed by atoms with Gasteiger partial charge < -0.3 is 0 Å². The summed E-state index contributed by atoms with van der Waals surface area (Å²) in [4.78, 5) is 2.63. The summed E-state index contributed by atoms with van der Waals surface area (Å²) in [5.74, 6) is -0.189. The van der Waals surface area contributed by atoms with Crippen LogP contribution >= 0.6 is 11.8 Å². The third-order valence-corrected chi connectivity index (χ3v) is 8.05. The molecule has 1 nitrogen and oxygen atoms in total. The molecule has 6 rings (SSSR count). The Morgan fingerprint density at radius 1 is 0.909 bits per heavy atom. The number of fused-ring (bicyclic) bond motifs is 5. The normalized spacial score (nSPS) is 13.2. The Kier molecular flexibility index (Phi) is 4.41. The van der Waals surface area contributed by atoms with Gasteiger partial charge in [-0.2, -0.15) is 0 Å². The van der Waals surface area contributed by atoms with Gasteiger partial charge in [-0.25, -0.2) is 8.96 Å². The van der Waals surface area contributed by atoms with E-state index in [4.69, 9.17) is 0 Å². The van der Waals surface area contributed by atoms with Crippen molar-refractivity contribution in [2.24, 2.45) is 12.5 Å². The molecule has 0 spiro atoms. The van der Waals surface area contributed by atoms with Crippen LogP contribution in [0.15, 0.2) is 70.6 Å². The van der Waals surface area contributed by atoms with Gasteiger partial charge in [0.05, 0.1) is 10.9 Å². The lowest BCUT2D eigenvalue weighted by Gasteiger charge is -2.28. The number of nitrogens with zero attached hydrogens (tertiary/aromatic N) is 1. The number of hydrogen-bond donors (Lipinski definition) is 0. The number of aryl methyl sites for hydroxylation is 2. The van der Waals surface area contributed by atoms with Crippen LogP contribution in [-0.2, 0) is 13.5 Å². The van der Waals surface area contributed by atoms with Crippen molar-refractivity contribution >= 4 is 44.1 Å². The highest BCUT2D eigenvalue weighted by Crippen LogP contribution is 2.53. The van der Waals surface area contributed by atoms with E-state index in [1.54, 1.807) is 12.1 Å². The lowest BCUT2D eigenvalue weighted by molar-refractivity contribution is -0.659. The Balaban J connectivity index is 1.82. The van der Waals surface area contributed by atoms with Crippen LogP contribution in [-0.4, -0.2) is 0 Å². The van der Waals surface area contributed by atoms with Crippen LogP contribution in [0.1, 0.15) is 31.9 Å². The van der Waals surface area contributed by atoms with Gasteiger partial charge >= 0.3 is 0 Å². The number of rotatable bonds is 1. The molecule has 4 aromatic carbocycles. The van der Waals surface area contributed by atoms with Crippen LogP contribution in [0.25, 0.3) is 43.6 Å². The maximum Gasteiger partial charge on any atom is 0.222 e. The number of pyridine rings is 1. The second-order valence-electron chi connectivity index (χ2n) is 10.5. The first-order chi connectivity index (χ1) is 15.7. The SMILES string of the molecule is Cc1c2c(c(CC(C)(C)C)c3ccccc13)Sc1cc3ccc(F)cc3c3cc[n+](C)c-2c13. The highest BCUT2D eigenvalue weighted by atomic mass is 32.2. The maximum absolute atomic E-state index is 14.2. The number of hydrogen-bond acceptors (Lipinski definition) is 1. The number of halogens is 1. The summed E-state index contributed by atoms with van der Waals surface area (Å²) in [7, 11) is 2.13. The van der Waals surface area contributed by atoms with Crippen LogP contribution < -0.4 is 4.57 Å². The van der Waals surface area contributed by atoms with Crippen LogP contribution in [0.2, 0.25) is 0 Å². The first-order valence-corrected chi connectivity index (χ1v) is 12.3. The molecule has 0 atom stereocenters. The topological polar surface area (TPSA) is 3.88 Å². The molecule has 3 heteroatoms. The summed E-state index contributed by atoms with van der Waals surface area (Å²) in [5.41, 5.74) is 5.49. The molecule has 1 aromatic heterocycles. The van der Waals surface area contributed by atoms with Gasteiger partial charge in [-0.1, -0.05) is 62.9 Å². The molecule has 0 unspecified atom stereocenters. The fourth-order valence-corrected chi connectivity index (χ4v) is 6.84. The fraction of sp³-hybridized carbons (Fsp3) is 0.233. The van der Waals surface area contributed by atoms with E-state index in [2.05, 4.69) is 81.9 Å². The quantitative estimate of drug-likeness (QED) is 0.180. The van der Waals surface area contributed by atoms with E-state index in [1.165, 1.54) is 48.3 Å². The molecule has 0 bridgehead atoms. The number of benzene rings is 4. The van der Waals surface area contributed by atoms with E-state index in [1.807, 2.05) is 17.8 Å². The zero-order chi connectivity index (χ0) is 23.1. The summed E-state index contributed by atoms with van der Waals surface area (Å²) in [6.45, 7) is 9.21. The molecular formula is C30H27FNS+. The van der Waals surface area contributed by atoms with Crippen molar-refractivity contribution < 1.29 is 8.96 Å². The Bertz CT molecular complexity index is 1630. The molecule has 0 N–H and O–H groups in total. The number of aromatic nitrogens is 1. The van der Waals surface area contributed by atoms with E-state index in [-0.39, 0.29) is 11.2 Å². The second-order valence-corrected chi connectivity index (χ2v) is 11.5. The van der Waals surface area contributed by atoms with Gasteiger partial charge in [0.15, 0.2) is 6.20 Å². The van der Waals surface area contributed by atoms with Crippen LogP contribution in [0, 0.1) is 18.2 Å². The Morgan fingerprint density at radius 2 is 1.67 bits per heavy atom. The first kappa shape index (κ1) is 20.7. The van der Waals surface area contributed by atoms with Crippen LogP contribution in [0.4, 0.5) is 4.39 Å². The van der Waals surface area contributed by atoms with Crippen LogP contribution in [0.3, 0.4) is 0 Å². The standard InChI is InChI=1S/C30H27FNS/c1-17-20-8-6-7-9-21(20)24(16-30(2,3)4)29-26(17)28-27-22(12-13-32(28)5)23-15-19(31)11-10-18(23)14-25(27)33-29/h6-15H,16H2,1-5H3/q+1. The molecule has 0 saturated carbocycles. The minimum Gasteiger partial charge on any atom is -0.207 e. The summed E-state index contributed by atoms with van der Waals surface area (Å²) < 4.78 is 16.5. The minimum absolute atomic E-state index is 0.168. The molecule has 0 aliphatic carbocycles. The summed E-state index contributed by atoms with van der Waals surface area (Å²) in [6, 6.07) is 18.4. The third kappa shape index (κ3) is 3.09. The summed E-state index contributed by atoms with van der Waals surface area (Å²) in [5, 5.41) is 7.10. The molecule has 0 fully saturated rings. The predicted molar refractivity (Wildman–Crippen MR) is 138 cm³/mol. The smallest absolute Gasteiger partial charge is 0.207 e. The highest BCUT2D eigenvalue weighted by molar-refractivity contribution is 8.00. The predicted octanol–water partition coefficient (Wildman–Crippen LogP) is 8.14. The Labute approximate surface area is 198 Å². The monoisotopic (exact) mass is 452 g/mol. The van der Waals surface area contributed by atoms with Crippen molar-refractivity contribution in [1.29, 1.82) is 0 Å². The second kappa shape index (κ2) is 7.04. The van der Waals surface area contributed by atoms with Gasteiger partial charge in [0.2, 0.25) is 5.69 Å². The van der Waals surface area contributed by atoms with Gasteiger partial charge in [0.1, 0.15) is 12.9 Å². The molecule has 2 heterocycles. The van der Waals surface area contributed by atoms with E-state index in [0.717, 1.165) is 22.6 Å². The zero-order valence-corrected chi connectivity index (χ0v) is 20.5. The summed E-state index contributed by atoms with van der Waals surface area (Å²) in [6.07, 6.45) is 3.14. The van der Waals surface area contributed by atoms with E-state index in [9.17, 15) is 4.39 Å². The maximum atomic E-state index is 14.2. The van der Waals surface area contributed by atoms with Crippen molar-refractivity contribution in [2.45, 2.75) is 43.9 Å². The summed E-state index contributed by atoms with van der Waals surface area (Å²) >= 11 is 1.89. The van der Waals surface area contributed by atoms with Crippen LogP contribution in [0.5, 0.6) is 0 Å². The zero-order valence-electron chi connectivity index (χ0n) is 19.7. The van der Waals surface area contributed by atoms with Crippen molar-refractivity contribution in [3.8, 4) is 11.3 Å². The van der Waals surface area contributed by atoms with Crippen molar-refractivity contribution in [2.75, 3.05) is 0 Å². The fourth-order valence-electron chi connectivity index (χ4n) is 5.47. The molecule has 1 aliphatic heterocycles. The van der Waals surface area contributed by atoms with Gasteiger partial charge in [-0.05, 0) is 69.6 Å². The lowest BCUT2D eigenvalue weighted by Crippen LogP contribution is -2.32. The molecule has 0 saturated heterocycles. The van der Waals surface area contributed by atoms with Gasteiger partial charge in [0.25, 0.3) is 0 Å². The molecule has 5 aromatic rings. The van der Waals surface area contributed by atoms with Crippen molar-refractivity contribution in [3.05, 3.63) is 77.7 Å².